The first-order valence-corrected chi connectivity index (χ1v) is 12.1. The highest BCUT2D eigenvalue weighted by molar-refractivity contribution is 7.40. The van der Waals surface area contributed by atoms with Crippen LogP contribution >= 0.6 is 0 Å². The van der Waals surface area contributed by atoms with Crippen molar-refractivity contribution in [3.8, 4) is 0 Å². The van der Waals surface area contributed by atoms with Crippen LogP contribution in [0.1, 0.15) is 0 Å². The first-order valence-electron chi connectivity index (χ1n) is 6.69. The summed E-state index contributed by atoms with van der Waals surface area (Å²) in [4.78, 5) is 0. The van der Waals surface area contributed by atoms with Crippen molar-refractivity contribution in [2.75, 3.05) is 14.1 Å². The van der Waals surface area contributed by atoms with Crippen LogP contribution in [0.4, 0.5) is 0 Å². The van der Waals surface area contributed by atoms with Gasteiger partial charge < -0.3 is 4.57 Å². The molecule has 0 saturated carbocycles. The largest absolute Gasteiger partial charge is 0.331 e. The van der Waals surface area contributed by atoms with E-state index in [9.17, 15) is 0 Å². The highest BCUT2D eigenvalue weighted by Crippen LogP contribution is 2.11. The summed E-state index contributed by atoms with van der Waals surface area (Å²) in [7, 11) is 2.31. The molecule has 0 fully saturated rings. The highest BCUT2D eigenvalue weighted by atomic mass is 29.2. The molecule has 0 heterocycles. The zero-order valence-electron chi connectivity index (χ0n) is 12.2. The Labute approximate surface area is 119 Å². The van der Waals surface area contributed by atoms with Gasteiger partial charge in [-0.3, -0.25) is 0 Å². The first-order chi connectivity index (χ1) is 9.03. The van der Waals surface area contributed by atoms with Gasteiger partial charge in [-0.05, 0) is 14.1 Å². The second kappa shape index (κ2) is 5.86. The van der Waals surface area contributed by atoms with Crippen LogP contribution in [-0.2, 0) is 0 Å². The maximum absolute atomic E-state index is 2.49. The molecule has 0 bridgehead atoms. The summed E-state index contributed by atoms with van der Waals surface area (Å²) in [5.74, 6) is 0. The van der Waals surface area contributed by atoms with Crippen molar-refractivity contribution in [3.63, 3.8) is 0 Å². The lowest BCUT2D eigenvalue weighted by Gasteiger charge is -2.37. The average Bonchev–Trinajstić information content (AvgIpc) is 2.41. The van der Waals surface area contributed by atoms with E-state index in [1.165, 1.54) is 10.4 Å². The van der Waals surface area contributed by atoms with Crippen LogP contribution in [-0.4, -0.2) is 34.7 Å². The summed E-state index contributed by atoms with van der Waals surface area (Å²) < 4.78 is 2.49. The Bertz CT molecular complexity index is 469. The van der Waals surface area contributed by atoms with E-state index in [0.717, 1.165) is 0 Å². The van der Waals surface area contributed by atoms with Crippen LogP contribution in [0.5, 0.6) is 0 Å². The van der Waals surface area contributed by atoms with Crippen molar-refractivity contribution in [2.45, 2.75) is 13.1 Å². The lowest BCUT2D eigenvalue weighted by Crippen LogP contribution is -2.67. The average molecular weight is 285 g/mol. The molecule has 0 aliphatic heterocycles. The van der Waals surface area contributed by atoms with E-state index >= 15 is 0 Å². The Balaban J connectivity index is 2.52. The van der Waals surface area contributed by atoms with Crippen LogP contribution in [0.15, 0.2) is 60.7 Å². The molecule has 2 aromatic rings. The van der Waals surface area contributed by atoms with Crippen molar-refractivity contribution in [1.29, 1.82) is 0 Å². The van der Waals surface area contributed by atoms with Gasteiger partial charge in [0, 0.05) is 0 Å². The Kier molecular flexibility index (Phi) is 4.40. The Morgan fingerprint density at radius 1 is 0.737 bits per heavy atom. The van der Waals surface area contributed by atoms with Gasteiger partial charge in [0.05, 0.1) is 0 Å². The minimum absolute atomic E-state index is 0.711. The fourth-order valence-electron chi connectivity index (χ4n) is 2.31. The highest BCUT2D eigenvalue weighted by Gasteiger charge is 2.38. The van der Waals surface area contributed by atoms with E-state index < -0.39 is 16.1 Å². The second-order valence-electron chi connectivity index (χ2n) is 5.56. The van der Waals surface area contributed by atoms with Crippen LogP contribution in [0.2, 0.25) is 13.1 Å². The monoisotopic (exact) mass is 284 g/mol. The molecule has 99 valence electrons. The molecule has 2 aromatic carbocycles. The van der Waals surface area contributed by atoms with Gasteiger partial charge in [0.1, 0.15) is 16.1 Å². The number of rotatable bonds is 4. The van der Waals surface area contributed by atoms with Gasteiger partial charge in [-0.25, -0.2) is 0 Å². The molecule has 0 aliphatic rings. The molecular weight excluding hydrogens is 262 g/mol. The minimum atomic E-state index is -1.46. The lowest BCUT2D eigenvalue weighted by molar-refractivity contribution is 0.639. The van der Waals surface area contributed by atoms with E-state index in [4.69, 9.17) is 0 Å². The van der Waals surface area contributed by atoms with Gasteiger partial charge in [-0.15, -0.1) is 0 Å². The van der Waals surface area contributed by atoms with Gasteiger partial charge in [0.2, 0.25) is 0 Å². The fraction of sp³-hybridized carbons (Fsp3) is 0.250. The number of hydrogen-bond acceptors (Lipinski definition) is 1. The van der Waals surface area contributed by atoms with Gasteiger partial charge >= 0.3 is 0 Å². The van der Waals surface area contributed by atoms with E-state index in [2.05, 4.69) is 92.4 Å². The number of benzene rings is 2. The molecule has 19 heavy (non-hydrogen) atoms. The third-order valence-electron chi connectivity index (χ3n) is 3.85. The van der Waals surface area contributed by atoms with Crippen molar-refractivity contribution in [2.24, 2.45) is 0 Å². The van der Waals surface area contributed by atoms with Gasteiger partial charge in [-0.2, -0.15) is 0 Å². The fourth-order valence-corrected chi connectivity index (χ4v) is 12.1. The Hall–Kier alpha value is -1.17. The predicted molar refractivity (Wildman–Crippen MR) is 89.1 cm³/mol. The summed E-state index contributed by atoms with van der Waals surface area (Å²) in [6, 6.07) is 22.1. The molecule has 0 aromatic heterocycles. The molecule has 0 spiro atoms. The summed E-state index contributed by atoms with van der Waals surface area (Å²) in [5, 5.41) is 3.06. The molecule has 0 amide bonds. The topological polar surface area (TPSA) is 3.24 Å². The van der Waals surface area contributed by atoms with E-state index in [0.29, 0.717) is 0 Å². The molecule has 0 atom stereocenters. The smallest absolute Gasteiger partial charge is 0.130 e. The standard InChI is InChI=1S/C16H22NSi2/c1-17(2)19(3,4)18(15-11-7-5-8-12-15)16-13-9-6-10-14-16/h5-14H,1-4H3. The molecular formula is C16H22NSi2. The molecule has 2 rings (SSSR count). The Morgan fingerprint density at radius 2 is 1.11 bits per heavy atom. The first kappa shape index (κ1) is 14.2. The Morgan fingerprint density at radius 3 is 1.42 bits per heavy atom. The number of nitrogens with zero attached hydrogens (tertiary/aromatic N) is 1. The molecule has 1 nitrogen and oxygen atoms in total. The van der Waals surface area contributed by atoms with Crippen LogP contribution in [0.25, 0.3) is 0 Å². The number of hydrogen-bond donors (Lipinski definition) is 0. The predicted octanol–water partition coefficient (Wildman–Crippen LogP) is 2.14. The zero-order valence-corrected chi connectivity index (χ0v) is 14.2. The van der Waals surface area contributed by atoms with Gasteiger partial charge in [0.25, 0.3) is 0 Å². The van der Waals surface area contributed by atoms with E-state index in [1.54, 1.807) is 0 Å². The molecule has 0 N–H and O–H groups in total. The quantitative estimate of drug-likeness (QED) is 0.778. The summed E-state index contributed by atoms with van der Waals surface area (Å²) in [6.07, 6.45) is 0. The third kappa shape index (κ3) is 3.05. The van der Waals surface area contributed by atoms with E-state index in [1.807, 2.05) is 0 Å². The lowest BCUT2D eigenvalue weighted by atomic mass is 10.4. The molecule has 0 aliphatic carbocycles. The maximum atomic E-state index is 2.49. The van der Waals surface area contributed by atoms with Crippen molar-refractivity contribution in [1.82, 2.24) is 4.57 Å². The van der Waals surface area contributed by atoms with Gasteiger partial charge in [-0.1, -0.05) is 84.1 Å². The second-order valence-corrected chi connectivity index (χ2v) is 16.6. The zero-order chi connectivity index (χ0) is 13.9. The summed E-state index contributed by atoms with van der Waals surface area (Å²) in [5.41, 5.74) is 0. The van der Waals surface area contributed by atoms with Crippen LogP contribution < -0.4 is 10.4 Å². The van der Waals surface area contributed by atoms with Crippen molar-refractivity contribution in [3.05, 3.63) is 60.7 Å². The molecule has 1 radical (unpaired) electrons. The molecule has 0 unspecified atom stereocenters. The normalized spacial score (nSPS) is 12.1. The van der Waals surface area contributed by atoms with Crippen LogP contribution in [0.3, 0.4) is 0 Å². The molecule has 3 heteroatoms. The SMILES string of the molecule is CN(C)[Si](C)(C)[Si](c1ccccc1)c1ccccc1. The van der Waals surface area contributed by atoms with E-state index in [-0.39, 0.29) is 0 Å². The molecule has 0 saturated heterocycles. The van der Waals surface area contributed by atoms with Crippen molar-refractivity contribution >= 4 is 26.4 Å². The minimum Gasteiger partial charge on any atom is -0.331 e. The third-order valence-corrected chi connectivity index (χ3v) is 15.9. The summed E-state index contributed by atoms with van der Waals surface area (Å²) in [6.45, 7) is 4.97. The maximum Gasteiger partial charge on any atom is 0.130 e. The van der Waals surface area contributed by atoms with Crippen LogP contribution in [0, 0.1) is 0 Å². The summed E-state index contributed by atoms with van der Waals surface area (Å²) >= 11 is 0. The van der Waals surface area contributed by atoms with Crippen molar-refractivity contribution < 1.29 is 0 Å². The van der Waals surface area contributed by atoms with Gasteiger partial charge in [0.15, 0.2) is 0 Å².